The average molecular weight is 98.1 g/mol. The van der Waals surface area contributed by atoms with E-state index >= 15 is 0 Å². The minimum atomic E-state index is 0.288. The molecule has 1 radical (unpaired) electrons. The molecular formula is C3H4N3O. The third-order valence-corrected chi connectivity index (χ3v) is 0.540. The van der Waals surface area contributed by atoms with Gasteiger partial charge in [-0.3, -0.25) is 0 Å². The Kier molecular flexibility index (Phi) is 1.04. The second-order valence-corrected chi connectivity index (χ2v) is 0.991. The van der Waals surface area contributed by atoms with E-state index in [0.717, 1.165) is 0 Å². The maximum Gasteiger partial charge on any atom is 0.305 e. The molecule has 37 valence electrons. The van der Waals surface area contributed by atoms with Crippen molar-refractivity contribution >= 4 is 0 Å². The summed E-state index contributed by atoms with van der Waals surface area (Å²) < 4.78 is 4.51. The summed E-state index contributed by atoms with van der Waals surface area (Å²) in [7, 11) is 0. The van der Waals surface area contributed by atoms with E-state index in [1.165, 1.54) is 0 Å². The van der Waals surface area contributed by atoms with Gasteiger partial charge in [-0.25, -0.2) is 0 Å². The van der Waals surface area contributed by atoms with Gasteiger partial charge in [0.15, 0.2) is 0 Å². The molecule has 0 unspecified atom stereocenters. The first-order valence-corrected chi connectivity index (χ1v) is 1.82. The van der Waals surface area contributed by atoms with Crippen LogP contribution in [0.15, 0.2) is 4.42 Å². The molecule has 0 fully saturated rings. The fourth-order valence-corrected chi connectivity index (χ4v) is 0.252. The molecule has 1 heterocycles. The van der Waals surface area contributed by atoms with E-state index in [9.17, 15) is 0 Å². The SMILES string of the molecule is NCc1nn[c]o1. The van der Waals surface area contributed by atoms with Crippen molar-refractivity contribution in [3.63, 3.8) is 0 Å². The molecule has 0 aliphatic carbocycles. The molecule has 2 N–H and O–H groups in total. The van der Waals surface area contributed by atoms with Crippen LogP contribution >= 0.6 is 0 Å². The summed E-state index contributed by atoms with van der Waals surface area (Å²) in [5, 5.41) is 6.71. The summed E-state index contributed by atoms with van der Waals surface area (Å²) in [4.78, 5) is 0. The molecule has 4 nitrogen and oxygen atoms in total. The van der Waals surface area contributed by atoms with Crippen LogP contribution in [-0.2, 0) is 6.54 Å². The fraction of sp³-hybridized carbons (Fsp3) is 0.333. The fourth-order valence-electron chi connectivity index (χ4n) is 0.252. The first kappa shape index (κ1) is 4.26. The first-order chi connectivity index (χ1) is 3.43. The van der Waals surface area contributed by atoms with E-state index in [-0.39, 0.29) is 6.54 Å². The number of hydrogen-bond donors (Lipinski definition) is 1. The Balaban J connectivity index is 2.76. The van der Waals surface area contributed by atoms with E-state index in [1.807, 2.05) is 0 Å². The Morgan fingerprint density at radius 2 is 2.71 bits per heavy atom. The van der Waals surface area contributed by atoms with Gasteiger partial charge in [-0.05, 0) is 0 Å². The molecule has 7 heavy (non-hydrogen) atoms. The summed E-state index contributed by atoms with van der Waals surface area (Å²) in [6, 6.07) is 0. The third-order valence-electron chi connectivity index (χ3n) is 0.540. The highest BCUT2D eigenvalue weighted by Gasteiger charge is 1.89. The zero-order chi connectivity index (χ0) is 5.11. The van der Waals surface area contributed by atoms with Crippen molar-refractivity contribution in [2.75, 3.05) is 0 Å². The lowest BCUT2D eigenvalue weighted by atomic mass is 10.7. The highest BCUT2D eigenvalue weighted by Crippen LogP contribution is 1.84. The quantitative estimate of drug-likeness (QED) is 0.505. The van der Waals surface area contributed by atoms with Crippen LogP contribution in [0.3, 0.4) is 0 Å². The molecule has 0 aliphatic rings. The van der Waals surface area contributed by atoms with Crippen molar-refractivity contribution in [3.05, 3.63) is 12.3 Å². The van der Waals surface area contributed by atoms with Crippen molar-refractivity contribution in [1.82, 2.24) is 10.2 Å². The number of rotatable bonds is 1. The van der Waals surface area contributed by atoms with Gasteiger partial charge in [0.2, 0.25) is 5.89 Å². The number of hydrogen-bond acceptors (Lipinski definition) is 4. The average Bonchev–Trinajstić information content (AvgIpc) is 2.14. The van der Waals surface area contributed by atoms with Crippen molar-refractivity contribution in [1.29, 1.82) is 0 Å². The number of nitrogens with two attached hydrogens (primary N) is 1. The second kappa shape index (κ2) is 1.70. The van der Waals surface area contributed by atoms with Crippen LogP contribution in [0.25, 0.3) is 0 Å². The van der Waals surface area contributed by atoms with Gasteiger partial charge in [0.25, 0.3) is 0 Å². The highest BCUT2D eigenvalue weighted by atomic mass is 16.4. The molecule has 1 rings (SSSR count). The van der Waals surface area contributed by atoms with Crippen LogP contribution < -0.4 is 5.73 Å². The van der Waals surface area contributed by atoms with Gasteiger partial charge in [0, 0.05) is 0 Å². The predicted molar refractivity (Wildman–Crippen MR) is 21.0 cm³/mol. The van der Waals surface area contributed by atoms with Crippen molar-refractivity contribution in [2.45, 2.75) is 6.54 Å². The molecule has 0 aliphatic heterocycles. The number of nitrogens with zero attached hydrogens (tertiary/aromatic N) is 2. The van der Waals surface area contributed by atoms with E-state index in [2.05, 4.69) is 21.0 Å². The molecule has 4 heteroatoms. The predicted octanol–water partition coefficient (Wildman–Crippen LogP) is -0.672. The van der Waals surface area contributed by atoms with Gasteiger partial charge in [0.1, 0.15) is 0 Å². The molecule has 0 aromatic carbocycles. The van der Waals surface area contributed by atoms with Gasteiger partial charge in [-0.15, -0.1) is 10.2 Å². The Hall–Kier alpha value is -0.900. The molecule has 0 saturated heterocycles. The van der Waals surface area contributed by atoms with Gasteiger partial charge in [-0.1, -0.05) is 0 Å². The van der Waals surface area contributed by atoms with Crippen LogP contribution in [0.4, 0.5) is 0 Å². The first-order valence-electron chi connectivity index (χ1n) is 1.82. The van der Waals surface area contributed by atoms with Gasteiger partial charge in [-0.2, -0.15) is 0 Å². The molecular weight excluding hydrogens is 94.1 g/mol. The summed E-state index contributed by atoms with van der Waals surface area (Å²) in [5.74, 6) is 0.417. The van der Waals surface area contributed by atoms with Crippen LogP contribution in [-0.4, -0.2) is 10.2 Å². The van der Waals surface area contributed by atoms with E-state index in [0.29, 0.717) is 5.89 Å². The monoisotopic (exact) mass is 98.0 g/mol. The molecule has 0 spiro atoms. The lowest BCUT2D eigenvalue weighted by Crippen LogP contribution is -1.95. The number of aromatic nitrogens is 2. The molecule has 0 amide bonds. The van der Waals surface area contributed by atoms with Crippen LogP contribution in [0.1, 0.15) is 5.89 Å². The Morgan fingerprint density at radius 3 is 3.00 bits per heavy atom. The van der Waals surface area contributed by atoms with E-state index < -0.39 is 0 Å². The zero-order valence-corrected chi connectivity index (χ0v) is 3.59. The molecule has 0 saturated carbocycles. The van der Waals surface area contributed by atoms with Crippen LogP contribution in [0.2, 0.25) is 0 Å². The smallest absolute Gasteiger partial charge is 0.305 e. The molecule has 1 aromatic rings. The van der Waals surface area contributed by atoms with Crippen LogP contribution in [0, 0.1) is 6.39 Å². The van der Waals surface area contributed by atoms with E-state index in [1.54, 1.807) is 0 Å². The van der Waals surface area contributed by atoms with Gasteiger partial charge in [0.05, 0.1) is 6.54 Å². The third kappa shape index (κ3) is 0.747. The molecule has 1 aromatic heterocycles. The topological polar surface area (TPSA) is 64.9 Å². The summed E-state index contributed by atoms with van der Waals surface area (Å²) in [6.45, 7) is 0.288. The lowest BCUT2D eigenvalue weighted by molar-refractivity contribution is 0.488. The Morgan fingerprint density at radius 1 is 1.86 bits per heavy atom. The van der Waals surface area contributed by atoms with Crippen molar-refractivity contribution in [2.24, 2.45) is 5.73 Å². The molecule has 0 atom stereocenters. The minimum Gasteiger partial charge on any atom is -0.416 e. The highest BCUT2D eigenvalue weighted by molar-refractivity contribution is 4.66. The maximum atomic E-state index is 5.08. The molecule has 0 bridgehead atoms. The minimum absolute atomic E-state index is 0.288. The van der Waals surface area contributed by atoms with E-state index in [4.69, 9.17) is 5.73 Å². The Bertz CT molecular complexity index is 125. The second-order valence-electron chi connectivity index (χ2n) is 0.991. The van der Waals surface area contributed by atoms with Crippen LogP contribution in [0.5, 0.6) is 0 Å². The summed E-state index contributed by atoms with van der Waals surface area (Å²) in [5.41, 5.74) is 5.08. The lowest BCUT2D eigenvalue weighted by Gasteiger charge is -1.75. The summed E-state index contributed by atoms with van der Waals surface area (Å²) >= 11 is 0. The van der Waals surface area contributed by atoms with Crippen molar-refractivity contribution in [3.8, 4) is 0 Å². The Labute approximate surface area is 40.3 Å². The van der Waals surface area contributed by atoms with Gasteiger partial charge < -0.3 is 10.2 Å². The summed E-state index contributed by atoms with van der Waals surface area (Å²) in [6.07, 6.45) is 2.16. The zero-order valence-electron chi connectivity index (χ0n) is 3.59. The normalized spacial score (nSPS) is 9.29. The largest absolute Gasteiger partial charge is 0.416 e. The standard InChI is InChI=1S/C3H4N3O/c4-1-3-6-5-2-7-3/h1,4H2. The van der Waals surface area contributed by atoms with Gasteiger partial charge >= 0.3 is 6.39 Å². The van der Waals surface area contributed by atoms with Crippen molar-refractivity contribution < 1.29 is 4.42 Å². The maximum absolute atomic E-state index is 5.08.